The van der Waals surface area contributed by atoms with Crippen molar-refractivity contribution in [2.75, 3.05) is 5.32 Å². The van der Waals surface area contributed by atoms with Crippen molar-refractivity contribution in [2.45, 2.75) is 32.5 Å². The minimum atomic E-state index is -3.30. The normalized spacial score (nSPS) is 11.2. The molecule has 0 fully saturated rings. The predicted molar refractivity (Wildman–Crippen MR) is 95.7 cm³/mol. The van der Waals surface area contributed by atoms with Gasteiger partial charge in [-0.05, 0) is 58.0 Å². The summed E-state index contributed by atoms with van der Waals surface area (Å²) < 4.78 is 30.1. The van der Waals surface area contributed by atoms with E-state index in [1.54, 1.807) is 18.3 Å². The minimum absolute atomic E-state index is 0.0670. The highest BCUT2D eigenvalue weighted by molar-refractivity contribution is 7.17. The van der Waals surface area contributed by atoms with E-state index in [-0.39, 0.29) is 5.75 Å². The van der Waals surface area contributed by atoms with E-state index in [2.05, 4.69) is 15.0 Å². The molecule has 1 aromatic carbocycles. The van der Waals surface area contributed by atoms with Crippen molar-refractivity contribution in [1.29, 1.82) is 5.41 Å². The number of nitrogens with one attached hydrogen (secondary N) is 2. The summed E-state index contributed by atoms with van der Waals surface area (Å²) in [5.74, 6) is -2.64. The lowest BCUT2D eigenvalue weighted by molar-refractivity contribution is -0.0892. The summed E-state index contributed by atoms with van der Waals surface area (Å²) in [4.78, 5) is 4.33. The highest BCUT2D eigenvalue weighted by Crippen LogP contribution is 2.29. The molecule has 128 valence electrons. The molecule has 2 N–H and O–H groups in total. The van der Waals surface area contributed by atoms with Gasteiger partial charge in [0.1, 0.15) is 11.6 Å². The van der Waals surface area contributed by atoms with Gasteiger partial charge in [0.25, 0.3) is 0 Å². The van der Waals surface area contributed by atoms with Gasteiger partial charge in [0.15, 0.2) is 0 Å². The van der Waals surface area contributed by atoms with Crippen LogP contribution in [0.4, 0.5) is 20.3 Å². The zero-order valence-electron chi connectivity index (χ0n) is 13.6. The average Bonchev–Trinajstić information content (AvgIpc) is 2.54. The number of hydrogen-bond donors (Lipinski definition) is 2. The number of anilines is 2. The summed E-state index contributed by atoms with van der Waals surface area (Å²) in [6.07, 6.45) is 3.09. The molecule has 24 heavy (non-hydrogen) atoms. The Kier molecular flexibility index (Phi) is 5.84. The van der Waals surface area contributed by atoms with Crippen LogP contribution in [-0.4, -0.2) is 16.5 Å². The number of pyridine rings is 1. The molecule has 0 aliphatic heterocycles. The van der Waals surface area contributed by atoms with Gasteiger partial charge in [-0.2, -0.15) is 8.78 Å². The second-order valence-electron chi connectivity index (χ2n) is 5.19. The highest BCUT2D eigenvalue weighted by atomic mass is 31.0. The van der Waals surface area contributed by atoms with Crippen molar-refractivity contribution in [1.82, 2.24) is 4.98 Å². The second-order valence-corrected chi connectivity index (χ2v) is 5.86. The van der Waals surface area contributed by atoms with Crippen LogP contribution in [0.25, 0.3) is 0 Å². The molecular formula is C17H20F2N3OP. The molecule has 4 nitrogen and oxygen atoms in total. The van der Waals surface area contributed by atoms with Crippen molar-refractivity contribution in [2.24, 2.45) is 0 Å². The van der Waals surface area contributed by atoms with Crippen LogP contribution in [0.15, 0.2) is 36.5 Å². The monoisotopic (exact) mass is 351 g/mol. The third kappa shape index (κ3) is 4.71. The lowest BCUT2D eigenvalue weighted by Gasteiger charge is -2.16. The molecule has 0 aliphatic rings. The molecule has 1 heterocycles. The molecule has 1 unspecified atom stereocenters. The molecule has 0 aliphatic carbocycles. The van der Waals surface area contributed by atoms with E-state index in [9.17, 15) is 8.78 Å². The van der Waals surface area contributed by atoms with Crippen LogP contribution >= 0.6 is 9.24 Å². The number of ether oxygens (including phenoxy) is 1. The van der Waals surface area contributed by atoms with E-state index in [0.717, 1.165) is 17.5 Å². The number of hydrogen-bond acceptors (Lipinski definition) is 4. The van der Waals surface area contributed by atoms with Crippen molar-refractivity contribution >= 4 is 26.5 Å². The van der Waals surface area contributed by atoms with Gasteiger partial charge < -0.3 is 15.5 Å². The van der Waals surface area contributed by atoms with Crippen LogP contribution in [0.2, 0.25) is 0 Å². The van der Waals surface area contributed by atoms with Crippen molar-refractivity contribution in [3.05, 3.63) is 47.7 Å². The van der Waals surface area contributed by atoms with E-state index < -0.39 is 5.85 Å². The van der Waals surface area contributed by atoms with Crippen LogP contribution < -0.4 is 10.1 Å². The second kappa shape index (κ2) is 7.67. The Morgan fingerprint density at radius 2 is 1.92 bits per heavy atom. The SMILES string of the molecule is CCC(=N)c1c(CC)ccnc1Nc1ccc(OC(F)(F)P)cc1. The summed E-state index contributed by atoms with van der Waals surface area (Å²) in [7, 11) is 1.33. The maximum atomic E-state index is 12.8. The standard InChI is InChI=1S/C17H20F2N3OP/c1-3-11-9-10-21-16(15(11)14(20)4-2)22-12-5-7-13(8-6-12)23-17(18,19)24/h5-10,20H,3-4,24H2,1-2H3,(H,21,22). The molecule has 0 saturated carbocycles. The highest BCUT2D eigenvalue weighted by Gasteiger charge is 2.23. The minimum Gasteiger partial charge on any atom is -0.430 e. The van der Waals surface area contributed by atoms with E-state index in [1.165, 1.54) is 21.4 Å². The molecule has 2 rings (SSSR count). The van der Waals surface area contributed by atoms with Gasteiger partial charge in [0.05, 0.1) is 0 Å². The van der Waals surface area contributed by atoms with Gasteiger partial charge in [0, 0.05) is 23.2 Å². The Hall–Kier alpha value is -2.07. The number of aromatic nitrogens is 1. The summed E-state index contributed by atoms with van der Waals surface area (Å²) in [5, 5.41) is 11.3. The molecule has 7 heteroatoms. The van der Waals surface area contributed by atoms with Crippen LogP contribution in [0.5, 0.6) is 5.75 Å². The van der Waals surface area contributed by atoms with E-state index in [0.29, 0.717) is 23.6 Å². The molecule has 0 radical (unpaired) electrons. The Morgan fingerprint density at radius 1 is 1.25 bits per heavy atom. The number of alkyl halides is 2. The first kappa shape index (κ1) is 18.3. The number of nitrogens with zero attached hydrogens (tertiary/aromatic N) is 1. The third-order valence-electron chi connectivity index (χ3n) is 3.44. The van der Waals surface area contributed by atoms with Gasteiger partial charge in [-0.25, -0.2) is 4.98 Å². The molecule has 0 bridgehead atoms. The number of halogens is 2. The maximum absolute atomic E-state index is 12.8. The van der Waals surface area contributed by atoms with E-state index in [4.69, 9.17) is 5.41 Å². The summed E-state index contributed by atoms with van der Waals surface area (Å²) in [6.45, 7) is 3.95. The van der Waals surface area contributed by atoms with E-state index >= 15 is 0 Å². The van der Waals surface area contributed by atoms with Gasteiger partial charge in [0.2, 0.25) is 0 Å². The zero-order valence-corrected chi connectivity index (χ0v) is 14.7. The third-order valence-corrected chi connectivity index (χ3v) is 3.56. The Morgan fingerprint density at radius 3 is 2.46 bits per heavy atom. The average molecular weight is 351 g/mol. The molecule has 2 aromatic rings. The first-order valence-electron chi connectivity index (χ1n) is 7.62. The van der Waals surface area contributed by atoms with Gasteiger partial charge in [-0.3, -0.25) is 0 Å². The Bertz CT molecular complexity index is 715. The van der Waals surface area contributed by atoms with Crippen molar-refractivity contribution < 1.29 is 13.5 Å². The van der Waals surface area contributed by atoms with Crippen LogP contribution in [0.1, 0.15) is 31.4 Å². The summed E-state index contributed by atoms with van der Waals surface area (Å²) in [6, 6.07) is 8.07. The maximum Gasteiger partial charge on any atom is 0.408 e. The van der Waals surface area contributed by atoms with Gasteiger partial charge >= 0.3 is 5.85 Å². The molecule has 0 amide bonds. The number of aryl methyl sites for hydroxylation is 1. The lowest BCUT2D eigenvalue weighted by atomic mass is 10.0. The quantitative estimate of drug-likeness (QED) is 0.547. The number of benzene rings is 1. The van der Waals surface area contributed by atoms with Crippen LogP contribution in [0.3, 0.4) is 0 Å². The van der Waals surface area contributed by atoms with Gasteiger partial charge in [-0.15, -0.1) is 0 Å². The first-order valence-corrected chi connectivity index (χ1v) is 8.20. The van der Waals surface area contributed by atoms with Crippen LogP contribution in [0, 0.1) is 5.41 Å². The molecule has 0 spiro atoms. The fraction of sp³-hybridized carbons (Fsp3) is 0.294. The first-order chi connectivity index (χ1) is 11.3. The molecule has 1 aromatic heterocycles. The van der Waals surface area contributed by atoms with E-state index in [1.807, 2.05) is 19.9 Å². The predicted octanol–water partition coefficient (Wildman–Crippen LogP) is 4.97. The Balaban J connectivity index is 2.26. The fourth-order valence-corrected chi connectivity index (χ4v) is 2.44. The van der Waals surface area contributed by atoms with Crippen LogP contribution in [-0.2, 0) is 6.42 Å². The Labute approximate surface area is 142 Å². The largest absolute Gasteiger partial charge is 0.430 e. The zero-order chi connectivity index (χ0) is 17.7. The number of rotatable bonds is 7. The summed E-state index contributed by atoms with van der Waals surface area (Å²) in [5.41, 5.74) is 3.02. The van der Waals surface area contributed by atoms with Gasteiger partial charge in [-0.1, -0.05) is 13.8 Å². The molecule has 1 atom stereocenters. The molecule has 0 saturated heterocycles. The van der Waals surface area contributed by atoms with Crippen molar-refractivity contribution in [3.63, 3.8) is 0 Å². The molecular weight excluding hydrogens is 331 g/mol. The topological polar surface area (TPSA) is 58.0 Å². The summed E-state index contributed by atoms with van der Waals surface area (Å²) >= 11 is 0. The van der Waals surface area contributed by atoms with Crippen molar-refractivity contribution in [3.8, 4) is 5.75 Å². The fourth-order valence-electron chi connectivity index (χ4n) is 2.30. The smallest absolute Gasteiger partial charge is 0.408 e. The lowest BCUT2D eigenvalue weighted by Crippen LogP contribution is -2.14.